The molecule has 1 unspecified atom stereocenters. The molecule has 18 heavy (non-hydrogen) atoms. The molecule has 0 spiro atoms. The summed E-state index contributed by atoms with van der Waals surface area (Å²) >= 11 is 3.33. The number of amides is 2. The molecule has 1 heterocycles. The van der Waals surface area contributed by atoms with E-state index in [1.165, 1.54) is 0 Å². The van der Waals surface area contributed by atoms with E-state index in [-0.39, 0.29) is 17.9 Å². The van der Waals surface area contributed by atoms with E-state index < -0.39 is 0 Å². The lowest BCUT2D eigenvalue weighted by molar-refractivity contribution is -0.127. The minimum absolute atomic E-state index is 0.0602. The zero-order chi connectivity index (χ0) is 13.1. The first-order chi connectivity index (χ1) is 8.56. The summed E-state index contributed by atoms with van der Waals surface area (Å²) in [6.45, 7) is 2.89. The highest BCUT2D eigenvalue weighted by atomic mass is 79.9. The number of carbonyl (C=O) groups excluding carboxylic acids is 2. The van der Waals surface area contributed by atoms with Crippen LogP contribution in [0.5, 0.6) is 0 Å². The summed E-state index contributed by atoms with van der Waals surface area (Å²) in [7, 11) is 0. The van der Waals surface area contributed by atoms with Gasteiger partial charge in [-0.3, -0.25) is 9.59 Å². The molecule has 5 heteroatoms. The predicted octanol–water partition coefficient (Wildman–Crippen LogP) is 1.80. The second kappa shape index (κ2) is 5.52. The molecule has 1 fully saturated rings. The minimum Gasteiger partial charge on any atom is -0.347 e. The first-order valence-electron chi connectivity index (χ1n) is 5.88. The third-order valence-corrected chi connectivity index (χ3v) is 3.60. The van der Waals surface area contributed by atoms with Gasteiger partial charge in [0.15, 0.2) is 0 Å². The standard InChI is InChI=1S/C13H15BrN2O2/c1-9(17)16-7-6-12(8-16)15-13(18)10-2-4-11(14)5-3-10/h2-5,12H,6-8H2,1H3,(H,15,18). The number of carbonyl (C=O) groups is 2. The number of hydrogen-bond acceptors (Lipinski definition) is 2. The quantitative estimate of drug-likeness (QED) is 0.905. The fraction of sp³-hybridized carbons (Fsp3) is 0.385. The Bertz CT molecular complexity index is 459. The van der Waals surface area contributed by atoms with Crippen molar-refractivity contribution in [2.75, 3.05) is 13.1 Å². The van der Waals surface area contributed by atoms with Crippen LogP contribution >= 0.6 is 15.9 Å². The van der Waals surface area contributed by atoms with Crippen molar-refractivity contribution < 1.29 is 9.59 Å². The van der Waals surface area contributed by atoms with Crippen LogP contribution in [0.4, 0.5) is 0 Å². The van der Waals surface area contributed by atoms with Crippen LogP contribution in [-0.4, -0.2) is 35.8 Å². The highest BCUT2D eigenvalue weighted by molar-refractivity contribution is 9.10. The lowest BCUT2D eigenvalue weighted by Crippen LogP contribution is -2.37. The molecule has 2 rings (SSSR count). The molecule has 1 aliphatic heterocycles. The van der Waals surface area contributed by atoms with Crippen molar-refractivity contribution in [3.8, 4) is 0 Å². The van der Waals surface area contributed by atoms with E-state index in [0.29, 0.717) is 12.1 Å². The van der Waals surface area contributed by atoms with Crippen LogP contribution in [-0.2, 0) is 4.79 Å². The van der Waals surface area contributed by atoms with Gasteiger partial charge in [0.1, 0.15) is 0 Å². The molecule has 1 aromatic carbocycles. The van der Waals surface area contributed by atoms with E-state index in [1.54, 1.807) is 24.0 Å². The molecule has 0 saturated carbocycles. The van der Waals surface area contributed by atoms with E-state index in [4.69, 9.17) is 0 Å². The van der Waals surface area contributed by atoms with Crippen LogP contribution in [0, 0.1) is 0 Å². The van der Waals surface area contributed by atoms with Crippen molar-refractivity contribution in [3.05, 3.63) is 34.3 Å². The van der Waals surface area contributed by atoms with Crippen LogP contribution in [0.2, 0.25) is 0 Å². The maximum atomic E-state index is 12.0. The molecule has 0 aliphatic carbocycles. The number of halogens is 1. The Kier molecular flexibility index (Phi) is 4.01. The lowest BCUT2D eigenvalue weighted by Gasteiger charge is -2.15. The van der Waals surface area contributed by atoms with Gasteiger partial charge in [-0.15, -0.1) is 0 Å². The summed E-state index contributed by atoms with van der Waals surface area (Å²) in [6.07, 6.45) is 0.821. The largest absolute Gasteiger partial charge is 0.347 e. The summed E-state index contributed by atoms with van der Waals surface area (Å²) in [5.41, 5.74) is 0.638. The molecular formula is C13H15BrN2O2. The highest BCUT2D eigenvalue weighted by Gasteiger charge is 2.25. The lowest BCUT2D eigenvalue weighted by atomic mass is 10.2. The van der Waals surface area contributed by atoms with Gasteiger partial charge in [-0.25, -0.2) is 0 Å². The zero-order valence-electron chi connectivity index (χ0n) is 10.1. The van der Waals surface area contributed by atoms with Gasteiger partial charge in [0.25, 0.3) is 5.91 Å². The summed E-state index contributed by atoms with van der Waals surface area (Å²) in [5.74, 6) is -0.0201. The second-order valence-electron chi connectivity index (χ2n) is 4.43. The normalized spacial score (nSPS) is 18.8. The van der Waals surface area contributed by atoms with Gasteiger partial charge in [-0.2, -0.15) is 0 Å². The maximum absolute atomic E-state index is 12.0. The van der Waals surface area contributed by atoms with Crippen molar-refractivity contribution in [2.24, 2.45) is 0 Å². The number of rotatable bonds is 2. The fourth-order valence-corrected chi connectivity index (χ4v) is 2.30. The van der Waals surface area contributed by atoms with E-state index in [1.807, 2.05) is 12.1 Å². The number of nitrogens with zero attached hydrogens (tertiary/aromatic N) is 1. The zero-order valence-corrected chi connectivity index (χ0v) is 11.7. The molecular weight excluding hydrogens is 296 g/mol. The van der Waals surface area contributed by atoms with Crippen molar-refractivity contribution in [1.82, 2.24) is 10.2 Å². The molecule has 4 nitrogen and oxygen atoms in total. The number of hydrogen-bond donors (Lipinski definition) is 1. The van der Waals surface area contributed by atoms with Crippen molar-refractivity contribution in [1.29, 1.82) is 0 Å². The van der Waals surface area contributed by atoms with Gasteiger partial charge >= 0.3 is 0 Å². The van der Waals surface area contributed by atoms with E-state index >= 15 is 0 Å². The van der Waals surface area contributed by atoms with E-state index in [2.05, 4.69) is 21.2 Å². The average molecular weight is 311 g/mol. The average Bonchev–Trinajstić information content (AvgIpc) is 2.78. The summed E-state index contributed by atoms with van der Waals surface area (Å²) < 4.78 is 0.947. The molecule has 0 aromatic heterocycles. The molecule has 1 saturated heterocycles. The fourth-order valence-electron chi connectivity index (χ4n) is 2.03. The Hall–Kier alpha value is -1.36. The number of nitrogens with one attached hydrogen (secondary N) is 1. The van der Waals surface area contributed by atoms with E-state index in [9.17, 15) is 9.59 Å². The van der Waals surface area contributed by atoms with Gasteiger partial charge < -0.3 is 10.2 Å². The molecule has 96 valence electrons. The molecule has 1 aromatic rings. The Morgan fingerprint density at radius 1 is 1.33 bits per heavy atom. The molecule has 2 amide bonds. The third kappa shape index (κ3) is 3.10. The molecule has 0 radical (unpaired) electrons. The van der Waals surface area contributed by atoms with Crippen LogP contribution in [0.25, 0.3) is 0 Å². The number of benzene rings is 1. The minimum atomic E-state index is -0.0853. The Balaban J connectivity index is 1.92. The van der Waals surface area contributed by atoms with Crippen molar-refractivity contribution in [2.45, 2.75) is 19.4 Å². The molecule has 1 N–H and O–H groups in total. The number of likely N-dealkylation sites (tertiary alicyclic amines) is 1. The third-order valence-electron chi connectivity index (χ3n) is 3.08. The maximum Gasteiger partial charge on any atom is 0.251 e. The van der Waals surface area contributed by atoms with Gasteiger partial charge in [0.2, 0.25) is 5.91 Å². The molecule has 0 bridgehead atoms. The molecule has 1 atom stereocenters. The predicted molar refractivity (Wildman–Crippen MR) is 72.3 cm³/mol. The second-order valence-corrected chi connectivity index (χ2v) is 5.35. The van der Waals surface area contributed by atoms with E-state index in [0.717, 1.165) is 17.4 Å². The Morgan fingerprint density at radius 2 is 2.00 bits per heavy atom. The smallest absolute Gasteiger partial charge is 0.251 e. The van der Waals surface area contributed by atoms with Crippen LogP contribution in [0.15, 0.2) is 28.7 Å². The first-order valence-corrected chi connectivity index (χ1v) is 6.67. The first kappa shape index (κ1) is 13.1. The molecule has 1 aliphatic rings. The monoisotopic (exact) mass is 310 g/mol. The summed E-state index contributed by atoms with van der Waals surface area (Å²) in [6, 6.07) is 7.29. The Morgan fingerprint density at radius 3 is 2.56 bits per heavy atom. The van der Waals surface area contributed by atoms with Crippen molar-refractivity contribution >= 4 is 27.7 Å². The Labute approximate surface area is 114 Å². The van der Waals surface area contributed by atoms with Crippen molar-refractivity contribution in [3.63, 3.8) is 0 Å². The van der Waals surface area contributed by atoms with Crippen LogP contribution in [0.3, 0.4) is 0 Å². The highest BCUT2D eigenvalue weighted by Crippen LogP contribution is 2.12. The van der Waals surface area contributed by atoms with Crippen LogP contribution < -0.4 is 5.32 Å². The topological polar surface area (TPSA) is 49.4 Å². The van der Waals surface area contributed by atoms with Gasteiger partial charge in [0.05, 0.1) is 0 Å². The summed E-state index contributed by atoms with van der Waals surface area (Å²) in [4.78, 5) is 24.9. The van der Waals surface area contributed by atoms with Crippen LogP contribution in [0.1, 0.15) is 23.7 Å². The SMILES string of the molecule is CC(=O)N1CCC(NC(=O)c2ccc(Br)cc2)C1. The van der Waals surface area contributed by atoms with Gasteiger partial charge in [-0.1, -0.05) is 15.9 Å². The van der Waals surface area contributed by atoms with Gasteiger partial charge in [0, 0.05) is 36.1 Å². The summed E-state index contributed by atoms with van der Waals surface area (Å²) in [5, 5.41) is 2.95. The van der Waals surface area contributed by atoms with Gasteiger partial charge in [-0.05, 0) is 30.7 Å².